The number of piperazine rings is 1. The molecule has 1 aliphatic rings. The van der Waals surface area contributed by atoms with Gasteiger partial charge in [-0.3, -0.25) is 24.0 Å². The molecule has 0 radical (unpaired) electrons. The zero-order valence-corrected chi connectivity index (χ0v) is 27.3. The molecule has 5 rings (SSSR count). The van der Waals surface area contributed by atoms with Gasteiger partial charge in [-0.2, -0.15) is 0 Å². The van der Waals surface area contributed by atoms with Crippen LogP contribution in [0.2, 0.25) is 10.0 Å². The minimum Gasteiger partial charge on any atom is -0.321 e. The number of nitrogens with zero attached hydrogens (tertiary/aromatic N) is 3. The average molecular weight is 680 g/mol. The van der Waals surface area contributed by atoms with Gasteiger partial charge in [-0.1, -0.05) is 53.5 Å². The Kier molecular flexibility index (Phi) is 10.4. The highest BCUT2D eigenvalue weighted by Crippen LogP contribution is 2.28. The van der Waals surface area contributed by atoms with Crippen LogP contribution in [0.25, 0.3) is 11.1 Å². The summed E-state index contributed by atoms with van der Waals surface area (Å²) in [5.41, 5.74) is 2.00. The zero-order valence-electron chi connectivity index (χ0n) is 25.0. The third-order valence-electron chi connectivity index (χ3n) is 7.39. The van der Waals surface area contributed by atoms with Crippen LogP contribution in [0, 0.1) is 0 Å². The summed E-state index contributed by atoms with van der Waals surface area (Å²) in [7, 11) is -1.15. The normalized spacial score (nSPS) is 15.0. The van der Waals surface area contributed by atoms with E-state index in [4.69, 9.17) is 23.2 Å². The third kappa shape index (κ3) is 8.31. The molecule has 0 aliphatic carbocycles. The summed E-state index contributed by atoms with van der Waals surface area (Å²) in [4.78, 5) is 47.7. The number of anilines is 2. The lowest BCUT2D eigenvalue weighted by Crippen LogP contribution is -2.48. The Hall–Kier alpha value is -4.26. The molecule has 1 saturated heterocycles. The number of pyridine rings is 1. The molecule has 4 aromatic rings. The Bertz CT molecular complexity index is 1860. The van der Waals surface area contributed by atoms with Crippen LogP contribution in [0.1, 0.15) is 20.7 Å². The van der Waals surface area contributed by atoms with Gasteiger partial charge in [-0.15, -0.1) is 0 Å². The van der Waals surface area contributed by atoms with Gasteiger partial charge in [-0.25, -0.2) is 9.19 Å². The van der Waals surface area contributed by atoms with Crippen LogP contribution in [-0.4, -0.2) is 82.4 Å². The zero-order chi connectivity index (χ0) is 32.8. The standard InChI is InChI=1S/C33H32Cl2N6O4S/c1-40-15-17-41(18-16-40)21-31(42)39-46(2,45)29-6-4-3-5-26(29)22-7-9-23(10-8-22)32(43)37-28-13-11-24(34)19-27(28)33(44)38-30-14-12-25(35)20-36-30/h3-14,19-20H,2,15-18,21H2,1H3,(H,37,43)(H,36,38,44)(H,39,42,45). The van der Waals surface area contributed by atoms with E-state index in [1.165, 1.54) is 18.3 Å². The van der Waals surface area contributed by atoms with Crippen molar-refractivity contribution >= 4 is 68.0 Å². The van der Waals surface area contributed by atoms with Gasteiger partial charge in [-0.05, 0) is 72.6 Å². The SMILES string of the molecule is C=S(=O)(NC(=O)CN1CCN(C)CC1)c1ccccc1-c1ccc(C(=O)Nc2ccc(Cl)cc2C(=O)Nc2ccc(Cl)cn2)cc1. The molecule has 2 heterocycles. The maximum absolute atomic E-state index is 13.7. The number of likely N-dealkylation sites (N-methyl/N-ethyl adjacent to an activating group) is 1. The molecule has 13 heteroatoms. The summed E-state index contributed by atoms with van der Waals surface area (Å²) in [6, 6.07) is 21.4. The van der Waals surface area contributed by atoms with Crippen LogP contribution < -0.4 is 15.4 Å². The fourth-order valence-corrected chi connectivity index (χ4v) is 6.58. The number of halogens is 2. The molecule has 0 saturated carbocycles. The molecule has 3 N–H and O–H groups in total. The van der Waals surface area contributed by atoms with Gasteiger partial charge >= 0.3 is 0 Å². The lowest BCUT2D eigenvalue weighted by Gasteiger charge is -2.31. The summed E-state index contributed by atoms with van der Waals surface area (Å²) < 4.78 is 16.4. The van der Waals surface area contributed by atoms with Crippen LogP contribution >= 0.6 is 23.2 Å². The quantitative estimate of drug-likeness (QED) is 0.215. The second-order valence-corrected chi connectivity index (χ2v) is 13.7. The van der Waals surface area contributed by atoms with Gasteiger partial charge in [0.1, 0.15) is 5.82 Å². The Labute approximate surface area is 277 Å². The number of amides is 3. The molecule has 238 valence electrons. The lowest BCUT2D eigenvalue weighted by molar-refractivity contribution is -0.120. The number of carbonyl (C=O) groups is 3. The second kappa shape index (κ2) is 14.4. The second-order valence-electron chi connectivity index (χ2n) is 10.8. The topological polar surface area (TPSA) is 124 Å². The first-order valence-corrected chi connectivity index (χ1v) is 16.8. The van der Waals surface area contributed by atoms with Crippen molar-refractivity contribution in [2.45, 2.75) is 4.90 Å². The molecule has 46 heavy (non-hydrogen) atoms. The molecule has 0 bridgehead atoms. The molecule has 1 atom stereocenters. The highest BCUT2D eigenvalue weighted by Gasteiger charge is 2.21. The Morgan fingerprint density at radius 3 is 2.26 bits per heavy atom. The summed E-state index contributed by atoms with van der Waals surface area (Å²) in [6.45, 7) is 3.38. The van der Waals surface area contributed by atoms with E-state index < -0.39 is 21.5 Å². The lowest BCUT2D eigenvalue weighted by atomic mass is 10.0. The third-order valence-corrected chi connectivity index (χ3v) is 9.47. The van der Waals surface area contributed by atoms with Gasteiger partial charge in [0.05, 0.1) is 37.4 Å². The monoisotopic (exact) mass is 678 g/mol. The summed E-state index contributed by atoms with van der Waals surface area (Å²) in [5.74, 6) is 2.82. The van der Waals surface area contributed by atoms with E-state index in [0.29, 0.717) is 31.6 Å². The number of carbonyl (C=O) groups excluding carboxylic acids is 3. The minimum absolute atomic E-state index is 0.140. The first-order chi connectivity index (χ1) is 22.0. The Morgan fingerprint density at radius 1 is 0.870 bits per heavy atom. The fraction of sp³-hybridized carbons (Fsp3) is 0.182. The summed E-state index contributed by atoms with van der Waals surface area (Å²) in [6.07, 6.45) is 1.40. The van der Waals surface area contributed by atoms with Gasteiger partial charge < -0.3 is 15.5 Å². The smallest absolute Gasteiger partial charge is 0.258 e. The number of rotatable bonds is 9. The number of hydrogen-bond acceptors (Lipinski definition) is 7. The minimum atomic E-state index is -3.18. The predicted molar refractivity (Wildman–Crippen MR) is 184 cm³/mol. The molecule has 10 nitrogen and oxygen atoms in total. The largest absolute Gasteiger partial charge is 0.321 e. The van der Waals surface area contributed by atoms with E-state index in [9.17, 15) is 18.6 Å². The summed E-state index contributed by atoms with van der Waals surface area (Å²) in [5, 5.41) is 6.17. The van der Waals surface area contributed by atoms with Crippen LogP contribution in [0.3, 0.4) is 0 Å². The van der Waals surface area contributed by atoms with Crippen molar-refractivity contribution in [3.05, 3.63) is 106 Å². The average Bonchev–Trinajstić information content (AvgIpc) is 3.04. The van der Waals surface area contributed by atoms with Crippen LogP contribution in [-0.2, 0) is 14.5 Å². The van der Waals surface area contributed by atoms with Gasteiger partial charge in [0.2, 0.25) is 5.91 Å². The predicted octanol–water partition coefficient (Wildman–Crippen LogP) is 4.91. The van der Waals surface area contributed by atoms with Crippen molar-refractivity contribution in [3.8, 4) is 11.1 Å². The molecular weight excluding hydrogens is 647 g/mol. The van der Waals surface area contributed by atoms with Crippen LogP contribution in [0.15, 0.2) is 90.0 Å². The van der Waals surface area contributed by atoms with Crippen molar-refractivity contribution in [3.63, 3.8) is 0 Å². The molecule has 1 fully saturated rings. The molecule has 1 aromatic heterocycles. The van der Waals surface area contributed by atoms with Crippen molar-refractivity contribution in [1.82, 2.24) is 19.5 Å². The number of benzene rings is 3. The number of hydrogen-bond donors (Lipinski definition) is 3. The molecule has 1 unspecified atom stereocenters. The molecule has 3 amide bonds. The first-order valence-electron chi connectivity index (χ1n) is 14.3. The maximum Gasteiger partial charge on any atom is 0.258 e. The van der Waals surface area contributed by atoms with Gasteiger partial charge in [0.25, 0.3) is 11.8 Å². The Morgan fingerprint density at radius 2 is 1.57 bits per heavy atom. The van der Waals surface area contributed by atoms with Crippen molar-refractivity contribution in [1.29, 1.82) is 0 Å². The highest BCUT2D eigenvalue weighted by atomic mass is 35.5. The van der Waals surface area contributed by atoms with Crippen molar-refractivity contribution in [2.75, 3.05) is 50.4 Å². The van der Waals surface area contributed by atoms with Gasteiger partial charge in [0.15, 0.2) is 0 Å². The van der Waals surface area contributed by atoms with Gasteiger partial charge in [0, 0.05) is 43.0 Å². The Balaban J connectivity index is 1.29. The fourth-order valence-electron chi connectivity index (χ4n) is 4.92. The van der Waals surface area contributed by atoms with Crippen LogP contribution in [0.5, 0.6) is 0 Å². The van der Waals surface area contributed by atoms with E-state index in [1.54, 1.807) is 66.7 Å². The van der Waals surface area contributed by atoms with E-state index in [0.717, 1.165) is 26.2 Å². The van der Waals surface area contributed by atoms with E-state index >= 15 is 0 Å². The van der Waals surface area contributed by atoms with Crippen LogP contribution in [0.4, 0.5) is 11.5 Å². The van der Waals surface area contributed by atoms with E-state index in [2.05, 4.69) is 31.1 Å². The molecule has 1 aliphatic heterocycles. The number of aromatic nitrogens is 1. The first kappa shape index (κ1) is 33.1. The number of nitrogens with one attached hydrogen (secondary N) is 3. The molecule has 0 spiro atoms. The van der Waals surface area contributed by atoms with Crippen molar-refractivity contribution in [2.24, 2.45) is 0 Å². The highest BCUT2D eigenvalue weighted by molar-refractivity contribution is 7.99. The maximum atomic E-state index is 13.7. The molecule has 3 aromatic carbocycles. The van der Waals surface area contributed by atoms with E-state index in [-0.39, 0.29) is 29.5 Å². The van der Waals surface area contributed by atoms with E-state index in [1.807, 2.05) is 11.9 Å². The van der Waals surface area contributed by atoms with Crippen molar-refractivity contribution < 1.29 is 18.6 Å². The molecular formula is C33H32Cl2N6O4S. The summed E-state index contributed by atoms with van der Waals surface area (Å²) >= 11 is 12.0.